The Kier molecular flexibility index (Phi) is 4.75. The fourth-order valence-electron chi connectivity index (χ4n) is 2.48. The molecule has 0 saturated carbocycles. The lowest BCUT2D eigenvalue weighted by Crippen LogP contribution is -2.64. The zero-order valence-electron chi connectivity index (χ0n) is 12.1. The average molecular weight is 295 g/mol. The minimum Gasteiger partial charge on any atom is -0.342 e. The van der Waals surface area contributed by atoms with Crippen LogP contribution in [0.5, 0.6) is 0 Å². The van der Waals surface area contributed by atoms with Crippen molar-refractivity contribution in [3.63, 3.8) is 0 Å². The molecule has 3 unspecified atom stereocenters. The van der Waals surface area contributed by atoms with Crippen LogP contribution in [0.3, 0.4) is 0 Å². The van der Waals surface area contributed by atoms with Gasteiger partial charge in [0.15, 0.2) is 0 Å². The highest BCUT2D eigenvalue weighted by Crippen LogP contribution is 2.22. The molecule has 0 spiro atoms. The van der Waals surface area contributed by atoms with Crippen molar-refractivity contribution in [2.45, 2.75) is 52.2 Å². The van der Waals surface area contributed by atoms with Crippen molar-refractivity contribution in [1.82, 2.24) is 15.2 Å². The molecule has 5 nitrogen and oxygen atoms in total. The SMILES string of the molecule is CCC(C)C1NC(=O)C(CC)N(Cc2nccs2)C1=O. The first-order chi connectivity index (χ1) is 9.58. The first-order valence-corrected chi connectivity index (χ1v) is 7.95. The number of hydrogen-bond donors (Lipinski definition) is 1. The third-order valence-corrected chi connectivity index (χ3v) is 4.68. The zero-order chi connectivity index (χ0) is 14.7. The van der Waals surface area contributed by atoms with Crippen molar-refractivity contribution in [3.05, 3.63) is 16.6 Å². The fraction of sp³-hybridized carbons (Fsp3) is 0.643. The second-order valence-corrected chi connectivity index (χ2v) is 6.17. The van der Waals surface area contributed by atoms with E-state index in [4.69, 9.17) is 0 Å². The molecule has 1 aromatic rings. The third-order valence-electron chi connectivity index (χ3n) is 3.91. The number of nitrogens with one attached hydrogen (secondary N) is 1. The molecule has 0 aliphatic carbocycles. The maximum Gasteiger partial charge on any atom is 0.246 e. The predicted molar refractivity (Wildman–Crippen MR) is 78.1 cm³/mol. The number of piperazine rings is 1. The molecule has 2 heterocycles. The van der Waals surface area contributed by atoms with Crippen LogP contribution in [0.4, 0.5) is 0 Å². The topological polar surface area (TPSA) is 62.3 Å². The molecule has 6 heteroatoms. The van der Waals surface area contributed by atoms with Crippen LogP contribution in [0.25, 0.3) is 0 Å². The highest BCUT2D eigenvalue weighted by atomic mass is 32.1. The fourth-order valence-corrected chi connectivity index (χ4v) is 3.09. The number of hydrogen-bond acceptors (Lipinski definition) is 4. The van der Waals surface area contributed by atoms with Crippen LogP contribution in [0.1, 0.15) is 38.6 Å². The summed E-state index contributed by atoms with van der Waals surface area (Å²) in [6, 6.07) is -0.790. The standard InChI is InChI=1S/C14H21N3O2S/c1-4-9(3)12-14(19)17(8-11-15-6-7-20-11)10(5-2)13(18)16-12/h6-7,9-10,12H,4-5,8H2,1-3H3,(H,16,18). The third kappa shape index (κ3) is 2.85. The van der Waals surface area contributed by atoms with Crippen LogP contribution in [-0.4, -0.2) is 33.8 Å². The Morgan fingerprint density at radius 1 is 1.45 bits per heavy atom. The molecule has 1 saturated heterocycles. The van der Waals surface area contributed by atoms with Crippen molar-refractivity contribution in [2.24, 2.45) is 5.92 Å². The Labute approximate surface area is 123 Å². The van der Waals surface area contributed by atoms with Gasteiger partial charge in [0.05, 0.1) is 6.54 Å². The van der Waals surface area contributed by atoms with Crippen LogP contribution in [0.2, 0.25) is 0 Å². The zero-order valence-corrected chi connectivity index (χ0v) is 12.9. The van der Waals surface area contributed by atoms with Gasteiger partial charge in [-0.15, -0.1) is 11.3 Å². The van der Waals surface area contributed by atoms with Gasteiger partial charge in [-0.25, -0.2) is 4.98 Å². The lowest BCUT2D eigenvalue weighted by Gasteiger charge is -2.40. The molecule has 1 aliphatic rings. The van der Waals surface area contributed by atoms with Gasteiger partial charge < -0.3 is 10.2 Å². The highest BCUT2D eigenvalue weighted by molar-refractivity contribution is 7.09. The van der Waals surface area contributed by atoms with Crippen LogP contribution < -0.4 is 5.32 Å². The van der Waals surface area contributed by atoms with Crippen molar-refractivity contribution in [2.75, 3.05) is 0 Å². The van der Waals surface area contributed by atoms with Crippen molar-refractivity contribution >= 4 is 23.2 Å². The maximum absolute atomic E-state index is 12.7. The molecule has 110 valence electrons. The van der Waals surface area contributed by atoms with Gasteiger partial charge in [-0.1, -0.05) is 27.2 Å². The second-order valence-electron chi connectivity index (χ2n) is 5.19. The van der Waals surface area contributed by atoms with Crippen molar-refractivity contribution in [1.29, 1.82) is 0 Å². The van der Waals surface area contributed by atoms with E-state index in [1.807, 2.05) is 26.2 Å². The predicted octanol–water partition coefficient (Wildman–Crippen LogP) is 1.79. The minimum absolute atomic E-state index is 0.0148. The monoisotopic (exact) mass is 295 g/mol. The number of thiazole rings is 1. The van der Waals surface area contributed by atoms with Crippen LogP contribution in [0, 0.1) is 5.92 Å². The molecule has 0 aromatic carbocycles. The van der Waals surface area contributed by atoms with E-state index in [0.29, 0.717) is 13.0 Å². The molecule has 2 amide bonds. The van der Waals surface area contributed by atoms with E-state index in [9.17, 15) is 9.59 Å². The largest absolute Gasteiger partial charge is 0.342 e. The summed E-state index contributed by atoms with van der Waals surface area (Å²) in [5.74, 6) is 0.109. The van der Waals surface area contributed by atoms with Gasteiger partial charge in [-0.2, -0.15) is 0 Å². The van der Waals surface area contributed by atoms with Crippen molar-refractivity contribution in [3.8, 4) is 0 Å². The summed E-state index contributed by atoms with van der Waals surface area (Å²) >= 11 is 1.51. The number of nitrogens with zero attached hydrogens (tertiary/aromatic N) is 2. The lowest BCUT2D eigenvalue weighted by atomic mass is 9.93. The molecule has 1 fully saturated rings. The van der Waals surface area contributed by atoms with Crippen LogP contribution in [-0.2, 0) is 16.1 Å². The van der Waals surface area contributed by atoms with Crippen LogP contribution >= 0.6 is 11.3 Å². The molecule has 0 bridgehead atoms. The Balaban J connectivity index is 2.23. The molecular weight excluding hydrogens is 274 g/mol. The van der Waals surface area contributed by atoms with E-state index < -0.39 is 6.04 Å². The summed E-state index contributed by atoms with van der Waals surface area (Å²) in [4.78, 5) is 30.8. The van der Waals surface area contributed by atoms with Gasteiger partial charge in [0.25, 0.3) is 0 Å². The summed E-state index contributed by atoms with van der Waals surface area (Å²) in [5.41, 5.74) is 0. The average Bonchev–Trinajstić information content (AvgIpc) is 2.95. The molecule has 1 N–H and O–H groups in total. The van der Waals surface area contributed by atoms with Gasteiger partial charge in [-0.05, 0) is 12.3 Å². The number of carbonyl (C=O) groups is 2. The number of rotatable bonds is 5. The molecular formula is C14H21N3O2S. The summed E-state index contributed by atoms with van der Waals surface area (Å²) in [7, 11) is 0. The smallest absolute Gasteiger partial charge is 0.246 e. The van der Waals surface area contributed by atoms with E-state index in [0.717, 1.165) is 11.4 Å². The van der Waals surface area contributed by atoms with E-state index in [2.05, 4.69) is 10.3 Å². The quantitative estimate of drug-likeness (QED) is 0.901. The normalized spacial score (nSPS) is 24.6. The van der Waals surface area contributed by atoms with E-state index in [1.165, 1.54) is 11.3 Å². The number of aromatic nitrogens is 1. The molecule has 3 atom stereocenters. The molecule has 2 rings (SSSR count). The first-order valence-electron chi connectivity index (χ1n) is 7.07. The molecule has 0 radical (unpaired) electrons. The van der Waals surface area contributed by atoms with E-state index >= 15 is 0 Å². The van der Waals surface area contributed by atoms with Gasteiger partial charge in [0, 0.05) is 11.6 Å². The molecule has 1 aliphatic heterocycles. The van der Waals surface area contributed by atoms with Gasteiger partial charge >= 0.3 is 0 Å². The second kappa shape index (κ2) is 6.35. The Morgan fingerprint density at radius 3 is 2.75 bits per heavy atom. The Hall–Kier alpha value is -1.43. The lowest BCUT2D eigenvalue weighted by molar-refractivity contribution is -0.151. The van der Waals surface area contributed by atoms with Gasteiger partial charge in [-0.3, -0.25) is 9.59 Å². The first kappa shape index (κ1) is 15.0. The minimum atomic E-state index is -0.407. The number of carbonyl (C=O) groups excluding carboxylic acids is 2. The van der Waals surface area contributed by atoms with Crippen molar-refractivity contribution < 1.29 is 9.59 Å². The molecule has 20 heavy (non-hydrogen) atoms. The Bertz CT molecular complexity index is 475. The maximum atomic E-state index is 12.7. The summed E-state index contributed by atoms with van der Waals surface area (Å²) < 4.78 is 0. The van der Waals surface area contributed by atoms with Gasteiger partial charge in [0.2, 0.25) is 11.8 Å². The summed E-state index contributed by atoms with van der Waals surface area (Å²) in [6.45, 7) is 6.38. The van der Waals surface area contributed by atoms with E-state index in [-0.39, 0.29) is 23.8 Å². The van der Waals surface area contributed by atoms with Crippen LogP contribution in [0.15, 0.2) is 11.6 Å². The number of amides is 2. The molecule has 1 aromatic heterocycles. The highest BCUT2D eigenvalue weighted by Gasteiger charge is 2.41. The van der Waals surface area contributed by atoms with E-state index in [1.54, 1.807) is 11.1 Å². The summed E-state index contributed by atoms with van der Waals surface area (Å²) in [6.07, 6.45) is 3.20. The van der Waals surface area contributed by atoms with Gasteiger partial charge in [0.1, 0.15) is 17.1 Å². The summed E-state index contributed by atoms with van der Waals surface area (Å²) in [5, 5.41) is 5.64. The Morgan fingerprint density at radius 2 is 2.20 bits per heavy atom.